The maximum atomic E-state index is 11.2. The number of non-ortho nitro benzene ring substituents is 1. The minimum Gasteiger partial charge on any atom is -0.455 e. The van der Waals surface area contributed by atoms with Crippen LogP contribution in [0.2, 0.25) is 0 Å². The van der Waals surface area contributed by atoms with Crippen LogP contribution in [0.5, 0.6) is 5.75 Å². The maximum Gasteiger partial charge on any atom is 0.269 e. The minimum atomic E-state index is -2.75. The van der Waals surface area contributed by atoms with E-state index in [-0.39, 0.29) is 10.8 Å². The molecule has 0 saturated heterocycles. The summed E-state index contributed by atoms with van der Waals surface area (Å²) in [6.45, 7) is 9.49. The lowest BCUT2D eigenvalue weighted by Crippen LogP contribution is -2.27. The molecule has 0 fully saturated rings. The summed E-state index contributed by atoms with van der Waals surface area (Å²) in [6, 6.07) is 31.2. The van der Waals surface area contributed by atoms with Crippen molar-refractivity contribution in [3.05, 3.63) is 107 Å². The first kappa shape index (κ1) is 24.8. The van der Waals surface area contributed by atoms with Gasteiger partial charge in [-0.05, 0) is 55.5 Å². The molecule has 0 unspecified atom stereocenters. The fraction of sp³-hybridized carbons (Fsp3) is 0.200. The van der Waals surface area contributed by atoms with E-state index in [0.29, 0.717) is 5.69 Å². The third-order valence-electron chi connectivity index (χ3n) is 6.63. The third kappa shape index (κ3) is 4.42. The van der Waals surface area contributed by atoms with Crippen LogP contribution in [0.4, 0.5) is 11.4 Å². The lowest BCUT2D eigenvalue weighted by atomic mass is 10.1. The van der Waals surface area contributed by atoms with Crippen LogP contribution < -0.4 is 9.83 Å². The van der Waals surface area contributed by atoms with E-state index in [1.165, 1.54) is 33.9 Å². The van der Waals surface area contributed by atoms with Crippen LogP contribution in [-0.2, 0) is 6.54 Å². The first-order valence-corrected chi connectivity index (χ1v) is 14.0. The topological polar surface area (TPSA) is 69.7 Å². The number of hydrogen-bond acceptors (Lipinski definition) is 4. The number of rotatable bonds is 6. The maximum absolute atomic E-state index is 11.2. The number of hydrogen-bond donors (Lipinski definition) is 0. The van der Waals surface area contributed by atoms with Gasteiger partial charge in [0.05, 0.1) is 10.6 Å². The van der Waals surface area contributed by atoms with Crippen LogP contribution in [0.15, 0.2) is 102 Å². The monoisotopic (exact) mass is 511 g/mol. The molecule has 0 aliphatic carbocycles. The van der Waals surface area contributed by atoms with E-state index >= 15 is 0 Å². The number of aromatic nitrogens is 1. The summed E-state index contributed by atoms with van der Waals surface area (Å²) in [5, 5.41) is 14.2. The first-order chi connectivity index (χ1) is 17.7. The van der Waals surface area contributed by atoms with Crippen LogP contribution in [0.25, 0.3) is 21.8 Å². The summed E-state index contributed by atoms with van der Waals surface area (Å²) in [4.78, 5) is 10.8. The van der Waals surface area contributed by atoms with Crippen molar-refractivity contribution in [1.82, 2.24) is 4.57 Å². The van der Waals surface area contributed by atoms with E-state index in [9.17, 15) is 10.1 Å². The van der Waals surface area contributed by atoms with Gasteiger partial charge >= 0.3 is 0 Å². The number of benzene rings is 4. The summed E-state index contributed by atoms with van der Waals surface area (Å²) >= 11 is 0. The number of nitro benzene ring substituents is 1. The summed E-state index contributed by atoms with van der Waals surface area (Å²) < 4.78 is 14.6. The largest absolute Gasteiger partial charge is 0.455 e. The van der Waals surface area contributed by atoms with Gasteiger partial charge in [0.15, 0.2) is 7.28 Å². The highest BCUT2D eigenvalue weighted by Gasteiger charge is 2.39. The molecule has 1 heterocycles. The number of nitrogens with zero attached hydrogens (tertiary/aromatic N) is 3. The zero-order valence-electron chi connectivity index (χ0n) is 21.5. The standard InChI is InChI=1S/C30H30N3O3P/c1-5-32-28-14-10-9-13-26(28)27-21-25(19-20-29(27)32)37(30(2,3)4,36-24-11-7-6-8-12-24)31-22-15-17-23(18-16-22)33(34)35/h6-21H,5H2,1-4H3/t37-/m1/s1. The van der Waals surface area contributed by atoms with Crippen molar-refractivity contribution in [1.29, 1.82) is 0 Å². The third-order valence-corrected chi connectivity index (χ3v) is 10.4. The quantitative estimate of drug-likeness (QED) is 0.130. The molecule has 0 bridgehead atoms. The number of aryl methyl sites for hydroxylation is 1. The Morgan fingerprint density at radius 2 is 1.51 bits per heavy atom. The van der Waals surface area contributed by atoms with Gasteiger partial charge in [-0.1, -0.05) is 57.2 Å². The van der Waals surface area contributed by atoms with Crippen molar-refractivity contribution in [2.45, 2.75) is 39.4 Å². The molecule has 1 aromatic heterocycles. The van der Waals surface area contributed by atoms with Gasteiger partial charge in [0.1, 0.15) is 5.75 Å². The zero-order valence-corrected chi connectivity index (χ0v) is 22.4. The van der Waals surface area contributed by atoms with E-state index < -0.39 is 12.2 Å². The average molecular weight is 512 g/mol. The highest BCUT2D eigenvalue weighted by molar-refractivity contribution is 7.71. The van der Waals surface area contributed by atoms with Crippen LogP contribution in [-0.4, -0.2) is 14.6 Å². The molecule has 37 heavy (non-hydrogen) atoms. The highest BCUT2D eigenvalue weighted by Crippen LogP contribution is 2.62. The van der Waals surface area contributed by atoms with Gasteiger partial charge in [0, 0.05) is 50.9 Å². The average Bonchev–Trinajstić information content (AvgIpc) is 3.21. The SMILES string of the molecule is CCn1c2ccccc2c2cc([P@@](=Nc3ccc([N+](=O)[O-])cc3)(Oc3ccccc3)C(C)(C)C)ccc21. The molecule has 6 nitrogen and oxygen atoms in total. The van der Waals surface area contributed by atoms with Crippen molar-refractivity contribution < 1.29 is 9.45 Å². The first-order valence-electron chi connectivity index (χ1n) is 12.4. The Hall–Kier alpha value is -3.89. The molecule has 0 aliphatic rings. The second-order valence-corrected chi connectivity index (χ2v) is 13.4. The summed E-state index contributed by atoms with van der Waals surface area (Å²) in [6.07, 6.45) is 0. The summed E-state index contributed by atoms with van der Waals surface area (Å²) in [5.41, 5.74) is 3.07. The van der Waals surface area contributed by atoms with Gasteiger partial charge in [0.2, 0.25) is 0 Å². The molecule has 4 aromatic carbocycles. The van der Waals surface area contributed by atoms with E-state index in [2.05, 4.69) is 74.7 Å². The molecule has 0 saturated carbocycles. The Labute approximate surface area is 216 Å². The van der Waals surface area contributed by atoms with Crippen molar-refractivity contribution >= 4 is 45.8 Å². The summed E-state index contributed by atoms with van der Waals surface area (Å²) in [7, 11) is -2.75. The molecule has 0 radical (unpaired) electrons. The predicted octanol–water partition coefficient (Wildman–Crippen LogP) is 8.67. The molecular formula is C30H30N3O3P. The van der Waals surface area contributed by atoms with Crippen molar-refractivity contribution in [3.63, 3.8) is 0 Å². The normalized spacial score (nSPS) is 13.4. The summed E-state index contributed by atoms with van der Waals surface area (Å²) in [5.74, 6) is 0.743. The van der Waals surface area contributed by atoms with Crippen LogP contribution in [0.1, 0.15) is 27.7 Å². The molecular weight excluding hydrogens is 481 g/mol. The highest BCUT2D eigenvalue weighted by atomic mass is 31.2. The van der Waals surface area contributed by atoms with Crippen LogP contribution in [0.3, 0.4) is 0 Å². The van der Waals surface area contributed by atoms with E-state index in [4.69, 9.17) is 9.27 Å². The number of para-hydroxylation sites is 2. The molecule has 1 atom stereocenters. The smallest absolute Gasteiger partial charge is 0.269 e. The Bertz CT molecular complexity index is 1650. The van der Waals surface area contributed by atoms with Crippen molar-refractivity contribution in [2.24, 2.45) is 4.74 Å². The Morgan fingerprint density at radius 1 is 0.865 bits per heavy atom. The van der Waals surface area contributed by atoms with Crippen LogP contribution in [0, 0.1) is 10.1 Å². The molecule has 5 rings (SSSR count). The molecule has 0 amide bonds. The lowest BCUT2D eigenvalue weighted by Gasteiger charge is -2.37. The molecule has 188 valence electrons. The molecule has 7 heteroatoms. The van der Waals surface area contributed by atoms with E-state index in [0.717, 1.165) is 17.6 Å². The molecule has 0 aliphatic heterocycles. The fourth-order valence-corrected chi connectivity index (χ4v) is 7.89. The predicted molar refractivity (Wildman–Crippen MR) is 154 cm³/mol. The van der Waals surface area contributed by atoms with Gasteiger partial charge in [-0.2, -0.15) is 0 Å². The van der Waals surface area contributed by atoms with Gasteiger partial charge in [-0.15, -0.1) is 0 Å². The fourth-order valence-electron chi connectivity index (χ4n) is 4.81. The van der Waals surface area contributed by atoms with Gasteiger partial charge in [-0.3, -0.25) is 10.1 Å². The second kappa shape index (κ2) is 9.53. The van der Waals surface area contributed by atoms with E-state index in [1.54, 1.807) is 12.1 Å². The Balaban J connectivity index is 1.82. The Morgan fingerprint density at radius 3 is 2.16 bits per heavy atom. The van der Waals surface area contributed by atoms with E-state index in [1.807, 2.05) is 30.3 Å². The number of nitro groups is 1. The molecule has 5 aromatic rings. The molecule has 0 spiro atoms. The van der Waals surface area contributed by atoms with Crippen LogP contribution >= 0.6 is 7.28 Å². The van der Waals surface area contributed by atoms with Crippen molar-refractivity contribution in [2.75, 3.05) is 0 Å². The number of fused-ring (bicyclic) bond motifs is 3. The van der Waals surface area contributed by atoms with Gasteiger partial charge in [0.25, 0.3) is 5.69 Å². The lowest BCUT2D eigenvalue weighted by molar-refractivity contribution is -0.384. The second-order valence-electron chi connectivity index (χ2n) is 9.99. The minimum absolute atomic E-state index is 0.0383. The van der Waals surface area contributed by atoms with Crippen molar-refractivity contribution in [3.8, 4) is 5.75 Å². The Kier molecular flexibility index (Phi) is 6.38. The van der Waals surface area contributed by atoms with Gasteiger partial charge < -0.3 is 9.09 Å². The molecule has 0 N–H and O–H groups in total. The van der Waals surface area contributed by atoms with Gasteiger partial charge in [-0.25, -0.2) is 4.74 Å². The zero-order chi connectivity index (χ0) is 26.2.